The van der Waals surface area contributed by atoms with Gasteiger partial charge in [-0.2, -0.15) is 11.3 Å². The molecule has 0 unspecified atom stereocenters. The van der Waals surface area contributed by atoms with Crippen molar-refractivity contribution in [1.82, 2.24) is 10.2 Å². The lowest BCUT2D eigenvalue weighted by atomic mass is 9.96. The molecule has 0 radical (unpaired) electrons. The molecule has 0 spiro atoms. The second kappa shape index (κ2) is 9.71. The third-order valence-electron chi connectivity index (χ3n) is 5.05. The number of rotatable bonds is 6. The molecular weight excluding hydrogens is 374 g/mol. The molecule has 0 atom stereocenters. The molecule has 28 heavy (non-hydrogen) atoms. The number of aryl methyl sites for hydroxylation is 1. The summed E-state index contributed by atoms with van der Waals surface area (Å²) in [6.45, 7) is 5.47. The predicted octanol–water partition coefficient (Wildman–Crippen LogP) is 3.03. The Morgan fingerprint density at radius 2 is 2.00 bits per heavy atom. The monoisotopic (exact) mass is 401 g/mol. The highest BCUT2D eigenvalue weighted by molar-refractivity contribution is 7.07. The molecule has 1 aromatic carbocycles. The Morgan fingerprint density at radius 3 is 2.68 bits per heavy atom. The summed E-state index contributed by atoms with van der Waals surface area (Å²) in [5.74, 6) is -0.336. The Bertz CT molecular complexity index is 799. The van der Waals surface area contributed by atoms with Gasteiger partial charge in [-0.3, -0.25) is 14.5 Å². The molecule has 0 aliphatic carbocycles. The number of benzene rings is 1. The van der Waals surface area contributed by atoms with E-state index < -0.39 is 11.8 Å². The predicted molar refractivity (Wildman–Crippen MR) is 112 cm³/mol. The van der Waals surface area contributed by atoms with Crippen LogP contribution in [0.2, 0.25) is 0 Å². The fraction of sp³-hybridized carbons (Fsp3) is 0.429. The average Bonchev–Trinajstić information content (AvgIpc) is 3.20. The van der Waals surface area contributed by atoms with Crippen LogP contribution < -0.4 is 15.4 Å². The van der Waals surface area contributed by atoms with Gasteiger partial charge in [0.1, 0.15) is 5.75 Å². The van der Waals surface area contributed by atoms with Gasteiger partial charge in [0.15, 0.2) is 0 Å². The van der Waals surface area contributed by atoms with Gasteiger partial charge >= 0.3 is 11.8 Å². The Hall–Kier alpha value is -2.38. The zero-order valence-corrected chi connectivity index (χ0v) is 17.2. The summed E-state index contributed by atoms with van der Waals surface area (Å²) in [6.07, 6.45) is 2.05. The van der Waals surface area contributed by atoms with Gasteiger partial charge in [0.2, 0.25) is 0 Å². The van der Waals surface area contributed by atoms with Crippen molar-refractivity contribution in [3.8, 4) is 5.75 Å². The second-order valence-electron chi connectivity index (χ2n) is 7.22. The molecule has 7 heteroatoms. The molecule has 1 aliphatic rings. The highest BCUT2D eigenvalue weighted by Gasteiger charge is 2.22. The minimum Gasteiger partial charge on any atom is -0.495 e. The summed E-state index contributed by atoms with van der Waals surface area (Å²) in [4.78, 5) is 26.8. The van der Waals surface area contributed by atoms with Gasteiger partial charge in [0.05, 0.1) is 12.8 Å². The van der Waals surface area contributed by atoms with E-state index in [0.717, 1.165) is 38.0 Å². The molecule has 0 bridgehead atoms. The van der Waals surface area contributed by atoms with E-state index in [-0.39, 0.29) is 0 Å². The number of piperidine rings is 1. The number of carbonyl (C=O) groups is 2. The Balaban J connectivity index is 1.42. The topological polar surface area (TPSA) is 70.7 Å². The van der Waals surface area contributed by atoms with Crippen molar-refractivity contribution >= 4 is 28.8 Å². The quantitative estimate of drug-likeness (QED) is 0.730. The first-order chi connectivity index (χ1) is 13.5. The molecule has 1 aliphatic heterocycles. The molecule has 0 saturated carbocycles. The molecule has 1 fully saturated rings. The second-order valence-corrected chi connectivity index (χ2v) is 8.00. The normalized spacial score (nSPS) is 15.2. The Kier molecular flexibility index (Phi) is 7.06. The van der Waals surface area contributed by atoms with Crippen molar-refractivity contribution in [2.75, 3.05) is 32.1 Å². The third kappa shape index (κ3) is 5.56. The van der Waals surface area contributed by atoms with Crippen molar-refractivity contribution < 1.29 is 14.3 Å². The van der Waals surface area contributed by atoms with E-state index in [1.807, 2.05) is 13.0 Å². The Morgan fingerprint density at radius 1 is 1.21 bits per heavy atom. The number of thiophene rings is 1. The molecule has 1 saturated heterocycles. The fourth-order valence-electron chi connectivity index (χ4n) is 3.41. The van der Waals surface area contributed by atoms with Crippen molar-refractivity contribution in [3.63, 3.8) is 0 Å². The molecule has 6 nitrogen and oxygen atoms in total. The standard InChI is InChI=1S/C21H27N3O3S/c1-15-3-4-19(27-2)18(11-15)23-21(26)20(25)22-12-16-5-8-24(9-6-16)13-17-7-10-28-14-17/h3-4,7,10-11,14,16H,5-6,8-9,12-13H2,1-2H3,(H,22,25)(H,23,26). The maximum Gasteiger partial charge on any atom is 0.313 e. The van der Waals surface area contributed by atoms with Crippen molar-refractivity contribution in [3.05, 3.63) is 46.2 Å². The number of likely N-dealkylation sites (tertiary alicyclic amines) is 1. The van der Waals surface area contributed by atoms with E-state index in [0.29, 0.717) is 23.9 Å². The van der Waals surface area contributed by atoms with Crippen molar-refractivity contribution in [2.45, 2.75) is 26.3 Å². The van der Waals surface area contributed by atoms with Gasteiger partial charge in [-0.15, -0.1) is 0 Å². The van der Waals surface area contributed by atoms with Gasteiger partial charge < -0.3 is 15.4 Å². The smallest absolute Gasteiger partial charge is 0.313 e. The van der Waals surface area contributed by atoms with E-state index >= 15 is 0 Å². The van der Waals surface area contributed by atoms with Crippen LogP contribution in [0.5, 0.6) is 5.75 Å². The highest BCUT2D eigenvalue weighted by Crippen LogP contribution is 2.25. The first kappa shape index (κ1) is 20.4. The summed E-state index contributed by atoms with van der Waals surface area (Å²) in [6, 6.07) is 7.61. The number of anilines is 1. The molecule has 2 aromatic rings. The molecule has 150 valence electrons. The van der Waals surface area contributed by atoms with Crippen LogP contribution in [0.1, 0.15) is 24.0 Å². The van der Waals surface area contributed by atoms with Gasteiger partial charge in [0, 0.05) is 13.1 Å². The van der Waals surface area contributed by atoms with Crippen LogP contribution in [0.15, 0.2) is 35.0 Å². The van der Waals surface area contributed by atoms with Crippen LogP contribution in [-0.4, -0.2) is 43.5 Å². The molecule has 3 rings (SSSR count). The molecule has 2 heterocycles. The maximum atomic E-state index is 12.2. The van der Waals surface area contributed by atoms with Crippen LogP contribution in [0.25, 0.3) is 0 Å². The van der Waals surface area contributed by atoms with Crippen LogP contribution in [0.4, 0.5) is 5.69 Å². The molecule has 1 aromatic heterocycles. The van der Waals surface area contributed by atoms with Gasteiger partial charge in [-0.25, -0.2) is 0 Å². The highest BCUT2D eigenvalue weighted by atomic mass is 32.1. The molecular formula is C21H27N3O3S. The SMILES string of the molecule is COc1ccc(C)cc1NC(=O)C(=O)NCC1CCN(Cc2ccsc2)CC1. The lowest BCUT2D eigenvalue weighted by Gasteiger charge is -2.31. The Labute approximate surface area is 169 Å². The van der Waals surface area contributed by atoms with Crippen molar-refractivity contribution in [2.24, 2.45) is 5.92 Å². The van der Waals surface area contributed by atoms with E-state index in [4.69, 9.17) is 4.74 Å². The number of hydrogen-bond acceptors (Lipinski definition) is 5. The summed E-state index contributed by atoms with van der Waals surface area (Å²) in [7, 11) is 1.53. The number of methoxy groups -OCH3 is 1. The number of amides is 2. The minimum absolute atomic E-state index is 0.406. The van der Waals surface area contributed by atoms with E-state index in [1.165, 1.54) is 12.7 Å². The lowest BCUT2D eigenvalue weighted by molar-refractivity contribution is -0.136. The average molecular weight is 402 g/mol. The number of nitrogens with zero attached hydrogens (tertiary/aromatic N) is 1. The van der Waals surface area contributed by atoms with Crippen LogP contribution >= 0.6 is 11.3 Å². The number of ether oxygens (including phenoxy) is 1. The zero-order valence-electron chi connectivity index (χ0n) is 16.4. The summed E-state index contributed by atoms with van der Waals surface area (Å²) in [5.41, 5.74) is 2.84. The summed E-state index contributed by atoms with van der Waals surface area (Å²) < 4.78 is 5.23. The first-order valence-electron chi connectivity index (χ1n) is 9.52. The first-order valence-corrected chi connectivity index (χ1v) is 10.5. The van der Waals surface area contributed by atoms with Gasteiger partial charge in [-0.1, -0.05) is 6.07 Å². The van der Waals surface area contributed by atoms with Crippen LogP contribution in [0, 0.1) is 12.8 Å². The van der Waals surface area contributed by atoms with Gasteiger partial charge in [-0.05, 0) is 78.9 Å². The zero-order chi connectivity index (χ0) is 19.9. The summed E-state index contributed by atoms with van der Waals surface area (Å²) >= 11 is 1.73. The van der Waals surface area contributed by atoms with E-state index in [2.05, 4.69) is 32.4 Å². The summed E-state index contributed by atoms with van der Waals surface area (Å²) in [5, 5.41) is 9.71. The van der Waals surface area contributed by atoms with E-state index in [9.17, 15) is 9.59 Å². The van der Waals surface area contributed by atoms with Crippen LogP contribution in [0.3, 0.4) is 0 Å². The molecule has 2 amide bonds. The maximum absolute atomic E-state index is 12.2. The largest absolute Gasteiger partial charge is 0.495 e. The van der Waals surface area contributed by atoms with Crippen LogP contribution in [-0.2, 0) is 16.1 Å². The number of carbonyl (C=O) groups excluding carboxylic acids is 2. The lowest BCUT2D eigenvalue weighted by Crippen LogP contribution is -2.41. The molecule has 2 N–H and O–H groups in total. The number of nitrogens with one attached hydrogen (secondary N) is 2. The third-order valence-corrected chi connectivity index (χ3v) is 5.79. The van der Waals surface area contributed by atoms with E-state index in [1.54, 1.807) is 23.5 Å². The van der Waals surface area contributed by atoms with Gasteiger partial charge in [0.25, 0.3) is 0 Å². The van der Waals surface area contributed by atoms with Crippen molar-refractivity contribution in [1.29, 1.82) is 0 Å². The minimum atomic E-state index is -0.668. The fourth-order valence-corrected chi connectivity index (χ4v) is 4.07. The number of hydrogen-bond donors (Lipinski definition) is 2.